The lowest BCUT2D eigenvalue weighted by Crippen LogP contribution is -2.45. The van der Waals surface area contributed by atoms with Gasteiger partial charge in [-0.2, -0.15) is 4.98 Å². The number of nitrogens with one attached hydrogen (secondary N) is 2. The minimum Gasteiger partial charge on any atom is -0.381 e. The number of anilines is 2. The van der Waals surface area contributed by atoms with Crippen molar-refractivity contribution in [1.82, 2.24) is 15.3 Å². The van der Waals surface area contributed by atoms with E-state index >= 15 is 0 Å². The van der Waals surface area contributed by atoms with Crippen molar-refractivity contribution in [2.75, 3.05) is 56.3 Å². The molecule has 1 aromatic carbocycles. The van der Waals surface area contributed by atoms with E-state index in [2.05, 4.69) is 49.8 Å². The molecule has 0 aliphatic carbocycles. The van der Waals surface area contributed by atoms with Crippen molar-refractivity contribution in [3.63, 3.8) is 0 Å². The number of morpholine rings is 1. The van der Waals surface area contributed by atoms with Gasteiger partial charge in [-0.3, -0.25) is 0 Å². The summed E-state index contributed by atoms with van der Waals surface area (Å²) in [4.78, 5) is 11.0. The molecule has 0 saturated carbocycles. The Balaban J connectivity index is 1.42. The van der Waals surface area contributed by atoms with Crippen LogP contribution in [0.15, 0.2) is 36.4 Å². The molecule has 2 fully saturated rings. The van der Waals surface area contributed by atoms with Gasteiger partial charge in [-0.1, -0.05) is 41.9 Å². The minimum atomic E-state index is -0.0145. The molecule has 4 rings (SSSR count). The molecule has 2 N–H and O–H groups in total. The van der Waals surface area contributed by atoms with E-state index in [4.69, 9.17) is 33.3 Å². The van der Waals surface area contributed by atoms with Gasteiger partial charge >= 0.3 is 0 Å². The number of ether oxygens (including phenoxy) is 2. The van der Waals surface area contributed by atoms with E-state index in [9.17, 15) is 0 Å². The molecular weight excluding hydrogens is 422 g/mol. The summed E-state index contributed by atoms with van der Waals surface area (Å²) in [6.07, 6.45) is 1.89. The van der Waals surface area contributed by atoms with Gasteiger partial charge in [-0.25, -0.2) is 4.98 Å². The fraction of sp³-hybridized carbons (Fsp3) is 0.476. The number of rotatable bonds is 5. The zero-order valence-corrected chi connectivity index (χ0v) is 18.3. The third kappa shape index (κ3) is 5.18. The number of halogens is 1. The number of aromatic nitrogens is 2. The van der Waals surface area contributed by atoms with E-state index in [1.165, 1.54) is 5.56 Å². The van der Waals surface area contributed by atoms with Gasteiger partial charge in [0.15, 0.2) is 5.11 Å². The van der Waals surface area contributed by atoms with Crippen molar-refractivity contribution < 1.29 is 9.47 Å². The highest BCUT2D eigenvalue weighted by Crippen LogP contribution is 2.34. The normalized spacial score (nSPS) is 18.6. The van der Waals surface area contributed by atoms with Crippen molar-refractivity contribution in [3.05, 3.63) is 47.1 Å². The smallest absolute Gasteiger partial charge is 0.232 e. The third-order valence-corrected chi connectivity index (χ3v) is 6.11. The Labute approximate surface area is 187 Å². The van der Waals surface area contributed by atoms with Gasteiger partial charge in [0.05, 0.1) is 13.2 Å². The van der Waals surface area contributed by atoms with Crippen LogP contribution < -0.4 is 15.5 Å². The van der Waals surface area contributed by atoms with Gasteiger partial charge in [0.25, 0.3) is 0 Å². The molecule has 3 heterocycles. The molecule has 9 heteroatoms. The maximum absolute atomic E-state index is 6.23. The molecule has 0 bridgehead atoms. The molecule has 2 aromatic rings. The van der Waals surface area contributed by atoms with Crippen LogP contribution in [0.4, 0.5) is 11.8 Å². The second-order valence-corrected chi connectivity index (χ2v) is 8.33. The summed E-state index contributed by atoms with van der Waals surface area (Å²) in [6.45, 7) is 5.11. The predicted molar refractivity (Wildman–Crippen MR) is 122 cm³/mol. The Hall–Kier alpha value is -2.00. The molecule has 0 atom stereocenters. The van der Waals surface area contributed by atoms with Crippen LogP contribution >= 0.6 is 23.8 Å². The van der Waals surface area contributed by atoms with Crippen LogP contribution in [-0.4, -0.2) is 61.1 Å². The lowest BCUT2D eigenvalue weighted by atomic mass is 9.74. The highest BCUT2D eigenvalue weighted by atomic mass is 35.5. The summed E-state index contributed by atoms with van der Waals surface area (Å²) in [5.41, 5.74) is 1.29. The van der Waals surface area contributed by atoms with E-state index in [1.807, 2.05) is 6.07 Å². The van der Waals surface area contributed by atoms with E-state index in [1.54, 1.807) is 6.07 Å². The molecule has 0 unspecified atom stereocenters. The fourth-order valence-corrected chi connectivity index (χ4v) is 4.27. The van der Waals surface area contributed by atoms with Crippen molar-refractivity contribution in [3.8, 4) is 0 Å². The molecule has 7 nitrogen and oxygen atoms in total. The summed E-state index contributed by atoms with van der Waals surface area (Å²) in [6, 6.07) is 12.3. The van der Waals surface area contributed by atoms with Crippen LogP contribution in [0.5, 0.6) is 0 Å². The average Bonchev–Trinajstić information content (AvgIpc) is 2.79. The van der Waals surface area contributed by atoms with E-state index in [0.29, 0.717) is 36.0 Å². The summed E-state index contributed by atoms with van der Waals surface area (Å²) < 4.78 is 11.0. The van der Waals surface area contributed by atoms with Crippen LogP contribution in [0.2, 0.25) is 5.15 Å². The molecule has 1 aromatic heterocycles. The Bertz CT molecular complexity index is 858. The number of thiocarbonyl (C=S) groups is 1. The molecular formula is C21H26ClN5O2S. The van der Waals surface area contributed by atoms with Gasteiger partial charge in [0.1, 0.15) is 11.0 Å². The predicted octanol–water partition coefficient (Wildman–Crippen LogP) is 3.00. The second-order valence-electron chi connectivity index (χ2n) is 7.54. The Kier molecular flexibility index (Phi) is 6.99. The van der Waals surface area contributed by atoms with Crippen molar-refractivity contribution in [2.24, 2.45) is 0 Å². The molecule has 0 spiro atoms. The maximum atomic E-state index is 6.23. The maximum Gasteiger partial charge on any atom is 0.232 e. The second kappa shape index (κ2) is 9.87. The molecule has 2 aliphatic rings. The summed E-state index contributed by atoms with van der Waals surface area (Å²) in [5, 5.41) is 7.32. The highest BCUT2D eigenvalue weighted by Gasteiger charge is 2.34. The van der Waals surface area contributed by atoms with E-state index in [-0.39, 0.29) is 5.41 Å². The summed E-state index contributed by atoms with van der Waals surface area (Å²) >= 11 is 11.8. The summed E-state index contributed by atoms with van der Waals surface area (Å²) in [5.74, 6) is 1.16. The first-order valence-corrected chi connectivity index (χ1v) is 11.0. The first-order valence-electron chi connectivity index (χ1n) is 10.2. The van der Waals surface area contributed by atoms with Crippen LogP contribution in [0.25, 0.3) is 0 Å². The zero-order chi connectivity index (χ0) is 20.8. The molecule has 30 heavy (non-hydrogen) atoms. The number of hydrogen-bond acceptors (Lipinski definition) is 6. The lowest BCUT2D eigenvalue weighted by Gasteiger charge is -2.38. The van der Waals surface area contributed by atoms with Crippen molar-refractivity contribution in [1.29, 1.82) is 0 Å². The quantitative estimate of drug-likeness (QED) is 0.535. The number of hydrogen-bond donors (Lipinski definition) is 2. The molecule has 160 valence electrons. The Morgan fingerprint density at radius 1 is 1.07 bits per heavy atom. The first kappa shape index (κ1) is 21.2. The number of nitrogens with zero attached hydrogens (tertiary/aromatic N) is 3. The average molecular weight is 448 g/mol. The largest absolute Gasteiger partial charge is 0.381 e. The Morgan fingerprint density at radius 2 is 1.77 bits per heavy atom. The lowest BCUT2D eigenvalue weighted by molar-refractivity contribution is 0.0515. The van der Waals surface area contributed by atoms with Gasteiger partial charge in [-0.15, -0.1) is 0 Å². The van der Waals surface area contributed by atoms with Crippen molar-refractivity contribution >= 4 is 40.7 Å². The monoisotopic (exact) mass is 447 g/mol. The summed E-state index contributed by atoms with van der Waals surface area (Å²) in [7, 11) is 0. The molecule has 0 radical (unpaired) electrons. The SMILES string of the molecule is S=C(NCC1(c2ccccc2)CCOCC1)Nc1nc(Cl)cc(N2CCOCC2)n1. The van der Waals surface area contributed by atoms with Crippen LogP contribution in [0.1, 0.15) is 18.4 Å². The zero-order valence-electron chi connectivity index (χ0n) is 16.8. The molecule has 2 saturated heterocycles. The van der Waals surface area contributed by atoms with Crippen molar-refractivity contribution in [2.45, 2.75) is 18.3 Å². The van der Waals surface area contributed by atoms with Gasteiger partial charge in [-0.05, 0) is 30.6 Å². The molecule has 2 aliphatic heterocycles. The standard InChI is InChI=1S/C21H26ClN5O2S/c22-17-14-18(27-8-12-29-13-9-27)25-19(24-17)26-20(30)23-15-21(6-10-28-11-7-21)16-4-2-1-3-5-16/h1-5,14H,6-13,15H2,(H2,23,24,25,26,30). The van der Waals surface area contributed by atoms with E-state index in [0.717, 1.165) is 45.0 Å². The van der Waals surface area contributed by atoms with Crippen LogP contribution in [0, 0.1) is 0 Å². The van der Waals surface area contributed by atoms with Gasteiger partial charge < -0.3 is 25.0 Å². The minimum absolute atomic E-state index is 0.0145. The fourth-order valence-electron chi connectivity index (χ4n) is 3.93. The van der Waals surface area contributed by atoms with Crippen LogP contribution in [0.3, 0.4) is 0 Å². The number of benzene rings is 1. The topological polar surface area (TPSA) is 71.5 Å². The van der Waals surface area contributed by atoms with Crippen LogP contribution in [-0.2, 0) is 14.9 Å². The Morgan fingerprint density at radius 3 is 2.50 bits per heavy atom. The van der Waals surface area contributed by atoms with Gasteiger partial charge in [0, 0.05) is 44.3 Å². The van der Waals surface area contributed by atoms with Gasteiger partial charge in [0.2, 0.25) is 5.95 Å². The van der Waals surface area contributed by atoms with E-state index < -0.39 is 0 Å². The first-order chi connectivity index (χ1) is 14.6. The third-order valence-electron chi connectivity index (χ3n) is 5.67. The highest BCUT2D eigenvalue weighted by molar-refractivity contribution is 7.80. The molecule has 0 amide bonds.